The van der Waals surface area contributed by atoms with E-state index in [1.165, 1.54) is 0 Å². The summed E-state index contributed by atoms with van der Waals surface area (Å²) in [6.07, 6.45) is 0. The van der Waals surface area contributed by atoms with Crippen molar-refractivity contribution < 1.29 is 4.79 Å². The molecule has 1 rings (SSSR count). The van der Waals surface area contributed by atoms with Crippen LogP contribution in [0.1, 0.15) is 17.3 Å². The molecule has 0 aromatic heterocycles. The van der Waals surface area contributed by atoms with Crippen LogP contribution in [0.5, 0.6) is 0 Å². The summed E-state index contributed by atoms with van der Waals surface area (Å²) < 4.78 is 0. The maximum Gasteiger partial charge on any atom is 0.252 e. The number of thiol groups is 1. The third-order valence-corrected chi connectivity index (χ3v) is 2.14. The Hall–Kier alpha value is -0.670. The first-order valence-corrected chi connectivity index (χ1v) is 4.74. The Kier molecular flexibility index (Phi) is 3.63. The number of benzene rings is 1. The van der Waals surface area contributed by atoms with E-state index in [-0.39, 0.29) is 5.91 Å². The fourth-order valence-corrected chi connectivity index (χ4v) is 1.35. The Morgan fingerprint density at radius 3 is 2.92 bits per heavy atom. The first-order valence-electron chi connectivity index (χ1n) is 3.92. The quantitative estimate of drug-likeness (QED) is 0.729. The Morgan fingerprint density at radius 2 is 2.31 bits per heavy atom. The molecule has 0 saturated carbocycles. The molecule has 0 unspecified atom stereocenters. The molecule has 1 aromatic rings. The summed E-state index contributed by atoms with van der Waals surface area (Å²) in [4.78, 5) is 12.1. The van der Waals surface area contributed by atoms with Crippen molar-refractivity contribution >= 4 is 30.1 Å². The second kappa shape index (κ2) is 4.53. The van der Waals surface area contributed by atoms with Crippen molar-refractivity contribution in [2.75, 3.05) is 6.54 Å². The highest BCUT2D eigenvalue weighted by Gasteiger charge is 2.08. The van der Waals surface area contributed by atoms with Crippen LogP contribution in [0.15, 0.2) is 23.1 Å². The molecule has 0 radical (unpaired) electrons. The number of carbonyl (C=O) groups is 1. The molecule has 1 aromatic carbocycles. The van der Waals surface area contributed by atoms with Gasteiger partial charge in [-0.05, 0) is 25.1 Å². The van der Waals surface area contributed by atoms with Crippen LogP contribution in [-0.2, 0) is 0 Å². The van der Waals surface area contributed by atoms with Crippen LogP contribution in [0.4, 0.5) is 0 Å². The lowest BCUT2D eigenvalue weighted by atomic mass is 10.2. The van der Waals surface area contributed by atoms with E-state index in [9.17, 15) is 4.79 Å². The number of hydrogen-bond acceptors (Lipinski definition) is 2. The highest BCUT2D eigenvalue weighted by atomic mass is 35.5. The van der Waals surface area contributed by atoms with Gasteiger partial charge in [-0.2, -0.15) is 0 Å². The summed E-state index contributed by atoms with van der Waals surface area (Å²) >= 11 is 9.96. The van der Waals surface area contributed by atoms with Crippen molar-refractivity contribution in [3.63, 3.8) is 0 Å². The van der Waals surface area contributed by atoms with Gasteiger partial charge in [0, 0.05) is 11.4 Å². The summed E-state index contributed by atoms with van der Waals surface area (Å²) in [5, 5.41) is 3.12. The fourth-order valence-electron chi connectivity index (χ4n) is 0.943. The summed E-state index contributed by atoms with van der Waals surface area (Å²) in [5.41, 5.74) is 0.469. The predicted molar refractivity (Wildman–Crippen MR) is 56.7 cm³/mol. The zero-order chi connectivity index (χ0) is 9.84. The van der Waals surface area contributed by atoms with Crippen molar-refractivity contribution in [2.24, 2.45) is 0 Å². The van der Waals surface area contributed by atoms with Gasteiger partial charge in [0.1, 0.15) is 0 Å². The van der Waals surface area contributed by atoms with E-state index in [0.717, 1.165) is 4.90 Å². The van der Waals surface area contributed by atoms with Gasteiger partial charge in [0.2, 0.25) is 0 Å². The Morgan fingerprint density at radius 1 is 1.62 bits per heavy atom. The van der Waals surface area contributed by atoms with Gasteiger partial charge in [-0.3, -0.25) is 4.79 Å². The molecule has 13 heavy (non-hydrogen) atoms. The number of hydrogen-bond donors (Lipinski definition) is 2. The molecule has 0 aliphatic rings. The average Bonchev–Trinajstić information content (AvgIpc) is 2.09. The molecule has 0 fully saturated rings. The lowest BCUT2D eigenvalue weighted by Gasteiger charge is -2.04. The molecular weight excluding hydrogens is 206 g/mol. The van der Waals surface area contributed by atoms with Gasteiger partial charge in [0.15, 0.2) is 0 Å². The van der Waals surface area contributed by atoms with Crippen molar-refractivity contribution in [3.8, 4) is 0 Å². The van der Waals surface area contributed by atoms with E-state index in [4.69, 9.17) is 11.6 Å². The summed E-state index contributed by atoms with van der Waals surface area (Å²) in [6.45, 7) is 2.45. The molecule has 1 amide bonds. The van der Waals surface area contributed by atoms with Crippen LogP contribution in [0.3, 0.4) is 0 Å². The molecule has 0 heterocycles. The van der Waals surface area contributed by atoms with Crippen molar-refractivity contribution in [2.45, 2.75) is 11.8 Å². The molecule has 0 atom stereocenters. The average molecular weight is 216 g/mol. The zero-order valence-corrected chi connectivity index (χ0v) is 8.82. The van der Waals surface area contributed by atoms with Gasteiger partial charge < -0.3 is 5.32 Å². The summed E-state index contributed by atoms with van der Waals surface area (Å²) in [7, 11) is 0. The van der Waals surface area contributed by atoms with Gasteiger partial charge in [-0.15, -0.1) is 12.6 Å². The Balaban J connectivity index is 2.99. The largest absolute Gasteiger partial charge is 0.352 e. The minimum absolute atomic E-state index is 0.164. The van der Waals surface area contributed by atoms with Crippen LogP contribution in [-0.4, -0.2) is 12.5 Å². The highest BCUT2D eigenvalue weighted by Crippen LogP contribution is 2.19. The molecule has 70 valence electrons. The topological polar surface area (TPSA) is 29.1 Å². The van der Waals surface area contributed by atoms with E-state index in [0.29, 0.717) is 17.1 Å². The van der Waals surface area contributed by atoms with Crippen molar-refractivity contribution in [1.82, 2.24) is 5.32 Å². The van der Waals surface area contributed by atoms with Gasteiger partial charge in [0.05, 0.1) is 10.6 Å². The number of rotatable bonds is 2. The Bertz CT molecular complexity index is 327. The van der Waals surface area contributed by atoms with E-state index >= 15 is 0 Å². The molecule has 0 aliphatic heterocycles. The number of carbonyl (C=O) groups excluding carboxylic acids is 1. The van der Waals surface area contributed by atoms with Crippen molar-refractivity contribution in [3.05, 3.63) is 28.8 Å². The molecule has 0 saturated heterocycles. The zero-order valence-electron chi connectivity index (χ0n) is 7.17. The van der Waals surface area contributed by atoms with E-state index < -0.39 is 0 Å². The molecule has 2 nitrogen and oxygen atoms in total. The number of amides is 1. The minimum atomic E-state index is -0.164. The third kappa shape index (κ3) is 2.64. The SMILES string of the molecule is CCNC(=O)c1cc(S)ccc1Cl. The molecule has 0 aliphatic carbocycles. The van der Waals surface area contributed by atoms with Gasteiger partial charge >= 0.3 is 0 Å². The number of halogens is 1. The fraction of sp³-hybridized carbons (Fsp3) is 0.222. The van der Waals surface area contributed by atoms with E-state index in [1.54, 1.807) is 18.2 Å². The smallest absolute Gasteiger partial charge is 0.252 e. The van der Waals surface area contributed by atoms with Crippen LogP contribution in [0.25, 0.3) is 0 Å². The maximum absolute atomic E-state index is 11.4. The second-order valence-electron chi connectivity index (χ2n) is 2.52. The monoisotopic (exact) mass is 215 g/mol. The first-order chi connectivity index (χ1) is 6.15. The minimum Gasteiger partial charge on any atom is -0.352 e. The predicted octanol–water partition coefficient (Wildman–Crippen LogP) is 2.38. The van der Waals surface area contributed by atoms with Crippen LogP contribution in [0, 0.1) is 0 Å². The maximum atomic E-state index is 11.4. The highest BCUT2D eigenvalue weighted by molar-refractivity contribution is 7.80. The summed E-state index contributed by atoms with van der Waals surface area (Å²) in [6, 6.07) is 5.05. The molecule has 1 N–H and O–H groups in total. The van der Waals surface area contributed by atoms with Crippen LogP contribution in [0.2, 0.25) is 5.02 Å². The Labute approximate surface area is 87.7 Å². The number of nitrogens with one attached hydrogen (secondary N) is 1. The lowest BCUT2D eigenvalue weighted by Crippen LogP contribution is -2.22. The summed E-state index contributed by atoms with van der Waals surface area (Å²) in [5.74, 6) is -0.164. The normalized spacial score (nSPS) is 9.77. The van der Waals surface area contributed by atoms with E-state index in [1.807, 2.05) is 6.92 Å². The molecular formula is C9H10ClNOS. The van der Waals surface area contributed by atoms with Crippen LogP contribution >= 0.6 is 24.2 Å². The lowest BCUT2D eigenvalue weighted by molar-refractivity contribution is 0.0956. The van der Waals surface area contributed by atoms with Crippen molar-refractivity contribution in [1.29, 1.82) is 0 Å². The van der Waals surface area contributed by atoms with Gasteiger partial charge in [-0.1, -0.05) is 11.6 Å². The third-order valence-electron chi connectivity index (χ3n) is 1.53. The van der Waals surface area contributed by atoms with E-state index in [2.05, 4.69) is 17.9 Å². The molecule has 0 bridgehead atoms. The molecule has 4 heteroatoms. The standard InChI is InChI=1S/C9H10ClNOS/c1-2-11-9(12)7-5-6(13)3-4-8(7)10/h3-5,13H,2H2,1H3,(H,11,12). The first kappa shape index (κ1) is 10.4. The van der Waals surface area contributed by atoms with Gasteiger partial charge in [-0.25, -0.2) is 0 Å². The van der Waals surface area contributed by atoms with Gasteiger partial charge in [0.25, 0.3) is 5.91 Å². The molecule has 0 spiro atoms. The van der Waals surface area contributed by atoms with Crippen LogP contribution < -0.4 is 5.32 Å². The second-order valence-corrected chi connectivity index (χ2v) is 3.45.